The van der Waals surface area contributed by atoms with Crippen LogP contribution in [-0.4, -0.2) is 0 Å². The molecule has 220 valence electrons. The molecule has 0 N–H and O–H groups in total. The van der Waals surface area contributed by atoms with Crippen molar-refractivity contribution in [1.29, 1.82) is 0 Å². The van der Waals surface area contributed by atoms with Gasteiger partial charge in [0.15, 0.2) is 0 Å². The molecule has 0 heterocycles. The molecule has 0 aromatic heterocycles. The summed E-state index contributed by atoms with van der Waals surface area (Å²) in [4.78, 5) is 0. The van der Waals surface area contributed by atoms with Crippen molar-refractivity contribution < 1.29 is 0 Å². The summed E-state index contributed by atoms with van der Waals surface area (Å²) in [5.41, 5.74) is 13.9. The van der Waals surface area contributed by atoms with Crippen molar-refractivity contribution >= 4 is 0 Å². The lowest BCUT2D eigenvalue weighted by molar-refractivity contribution is 0.309. The molecule has 0 aliphatic heterocycles. The molecule has 0 nitrogen and oxygen atoms in total. The third kappa shape index (κ3) is 9.57. The lowest BCUT2D eigenvalue weighted by atomic mass is 9.78. The molecular formula is C38H68. The molecule has 0 heteroatoms. The Balaban J connectivity index is 0. The van der Waals surface area contributed by atoms with Gasteiger partial charge in [0.05, 0.1) is 0 Å². The summed E-state index contributed by atoms with van der Waals surface area (Å²) in [5, 5.41) is 0. The maximum Gasteiger partial charge on any atom is -0.0111 e. The number of benzene rings is 2. The fourth-order valence-corrected chi connectivity index (χ4v) is 6.04. The molecular weight excluding hydrogens is 456 g/mol. The van der Waals surface area contributed by atoms with E-state index in [0.717, 1.165) is 0 Å². The van der Waals surface area contributed by atoms with Gasteiger partial charge in [-0.05, 0) is 127 Å². The number of hydrogen-bond donors (Lipinski definition) is 0. The van der Waals surface area contributed by atoms with E-state index in [1.807, 2.05) is 55.4 Å². The van der Waals surface area contributed by atoms with E-state index in [-0.39, 0.29) is 14.9 Å². The molecule has 38 heavy (non-hydrogen) atoms. The van der Waals surface area contributed by atoms with E-state index in [4.69, 9.17) is 0 Å². The van der Waals surface area contributed by atoms with Gasteiger partial charge in [-0.1, -0.05) is 115 Å². The summed E-state index contributed by atoms with van der Waals surface area (Å²) < 4.78 is 0. The van der Waals surface area contributed by atoms with E-state index in [1.54, 1.807) is 44.5 Å². The average Bonchev–Trinajstić information content (AvgIpc) is 3.17. The largest absolute Gasteiger partial charge is 0.0776 e. The summed E-state index contributed by atoms with van der Waals surface area (Å²) in [6.45, 7) is 21.0. The minimum Gasteiger partial charge on any atom is -0.0776 e. The quantitative estimate of drug-likeness (QED) is 0.301. The Hall–Kier alpha value is -1.56. The van der Waals surface area contributed by atoms with Gasteiger partial charge in [0.2, 0.25) is 0 Å². The third-order valence-electron chi connectivity index (χ3n) is 7.88. The van der Waals surface area contributed by atoms with Crippen molar-refractivity contribution in [3.05, 3.63) is 57.6 Å². The van der Waals surface area contributed by atoms with Gasteiger partial charge in [-0.15, -0.1) is 0 Å². The molecule has 0 amide bonds. The Morgan fingerprint density at radius 1 is 0.421 bits per heavy atom. The van der Waals surface area contributed by atoms with Crippen LogP contribution < -0.4 is 0 Å². The molecule has 2 aromatic carbocycles. The first kappa shape index (κ1) is 38.6. The van der Waals surface area contributed by atoms with Crippen LogP contribution in [0.4, 0.5) is 0 Å². The van der Waals surface area contributed by atoms with E-state index in [9.17, 15) is 0 Å². The molecule has 3 aliphatic carbocycles. The Labute approximate surface area is 241 Å². The first-order valence-electron chi connectivity index (χ1n) is 15.9. The Morgan fingerprint density at radius 3 is 1.16 bits per heavy atom. The van der Waals surface area contributed by atoms with Gasteiger partial charge in [-0.3, -0.25) is 0 Å². The first-order valence-corrected chi connectivity index (χ1v) is 15.9. The van der Waals surface area contributed by atoms with Crippen LogP contribution in [-0.2, 0) is 38.5 Å². The monoisotopic (exact) mass is 525 g/mol. The Bertz CT molecular complexity index is 883. The van der Waals surface area contributed by atoms with Crippen LogP contribution in [0, 0.1) is 5.41 Å². The van der Waals surface area contributed by atoms with Gasteiger partial charge in [-0.25, -0.2) is 0 Å². The van der Waals surface area contributed by atoms with Gasteiger partial charge >= 0.3 is 0 Å². The Morgan fingerprint density at radius 2 is 0.737 bits per heavy atom. The van der Waals surface area contributed by atoms with Gasteiger partial charge in [0.25, 0.3) is 0 Å². The highest BCUT2D eigenvalue weighted by Crippen LogP contribution is 2.44. The predicted octanol–water partition coefficient (Wildman–Crippen LogP) is 12.8. The number of hydrogen-bond acceptors (Lipinski definition) is 0. The van der Waals surface area contributed by atoms with Crippen LogP contribution >= 0.6 is 0 Å². The summed E-state index contributed by atoms with van der Waals surface area (Å²) in [7, 11) is 0. The minimum atomic E-state index is 0. The molecule has 0 spiro atoms. The summed E-state index contributed by atoms with van der Waals surface area (Å²) in [5.74, 6) is 0. The SMILES string of the molecule is C.C.CC.CC.CC.CC.CC1(C)CCc2ccc3c(c2-c2c(ccc4c2CCCC4)CC1)CCCCC3. The van der Waals surface area contributed by atoms with Crippen LogP contribution in [0.1, 0.15) is 162 Å². The topological polar surface area (TPSA) is 0 Å². The predicted molar refractivity (Wildman–Crippen MR) is 179 cm³/mol. The number of fused-ring (bicyclic) bond motifs is 7. The van der Waals surface area contributed by atoms with Crippen LogP contribution in [0.2, 0.25) is 0 Å². The lowest BCUT2D eigenvalue weighted by Crippen LogP contribution is -2.13. The molecule has 0 radical (unpaired) electrons. The van der Waals surface area contributed by atoms with Crippen LogP contribution in [0.3, 0.4) is 0 Å². The summed E-state index contributed by atoms with van der Waals surface area (Å²) in [6.07, 6.45) is 17.2. The van der Waals surface area contributed by atoms with Crippen molar-refractivity contribution in [3.8, 4) is 11.1 Å². The zero-order valence-corrected chi connectivity index (χ0v) is 26.0. The van der Waals surface area contributed by atoms with Crippen LogP contribution in [0.25, 0.3) is 11.1 Å². The molecule has 0 bridgehead atoms. The smallest absolute Gasteiger partial charge is 0.0111 e. The van der Waals surface area contributed by atoms with E-state index in [1.165, 1.54) is 83.5 Å². The second-order valence-electron chi connectivity index (χ2n) is 10.4. The Kier molecular flexibility index (Phi) is 20.7. The van der Waals surface area contributed by atoms with Crippen molar-refractivity contribution in [2.45, 2.75) is 168 Å². The second kappa shape index (κ2) is 20.4. The molecule has 5 rings (SSSR count). The zero-order valence-electron chi connectivity index (χ0n) is 26.0. The highest BCUT2D eigenvalue weighted by Gasteiger charge is 2.28. The van der Waals surface area contributed by atoms with Crippen molar-refractivity contribution in [2.75, 3.05) is 0 Å². The fourth-order valence-electron chi connectivity index (χ4n) is 6.04. The van der Waals surface area contributed by atoms with E-state index >= 15 is 0 Å². The third-order valence-corrected chi connectivity index (χ3v) is 7.88. The molecule has 3 aliphatic rings. The van der Waals surface area contributed by atoms with E-state index in [2.05, 4.69) is 38.1 Å². The second-order valence-corrected chi connectivity index (χ2v) is 10.4. The summed E-state index contributed by atoms with van der Waals surface area (Å²) >= 11 is 0. The lowest BCUT2D eigenvalue weighted by Gasteiger charge is -2.26. The molecule has 0 saturated heterocycles. The average molecular weight is 525 g/mol. The molecule has 2 aromatic rings. The normalized spacial score (nSPS) is 16.2. The van der Waals surface area contributed by atoms with Gasteiger partial charge < -0.3 is 0 Å². The maximum atomic E-state index is 2.52. The highest BCUT2D eigenvalue weighted by molar-refractivity contribution is 5.79. The van der Waals surface area contributed by atoms with Crippen molar-refractivity contribution in [1.82, 2.24) is 0 Å². The maximum absolute atomic E-state index is 2.52. The highest BCUT2D eigenvalue weighted by atomic mass is 14.3. The molecule has 0 saturated carbocycles. The molecule has 0 atom stereocenters. The van der Waals surface area contributed by atoms with Crippen molar-refractivity contribution in [2.24, 2.45) is 5.41 Å². The van der Waals surface area contributed by atoms with E-state index < -0.39 is 0 Å². The van der Waals surface area contributed by atoms with Crippen LogP contribution in [0.15, 0.2) is 24.3 Å². The zero-order chi connectivity index (χ0) is 27.1. The van der Waals surface area contributed by atoms with Gasteiger partial charge in [-0.2, -0.15) is 0 Å². The van der Waals surface area contributed by atoms with E-state index in [0.29, 0.717) is 5.41 Å². The standard InChI is InChI=1S/C28H36.4C2H6.2CH4/c1-28(2)18-16-22-14-12-20-8-4-3-5-10-24(20)26(22)27-23(17-19-28)15-13-21-9-6-7-11-25(21)27;4*1-2;;/h12-15H,3-11,16-19H2,1-2H3;4*1-2H3;2*1H4. The number of aryl methyl sites for hydroxylation is 4. The van der Waals surface area contributed by atoms with Crippen LogP contribution in [0.5, 0.6) is 0 Å². The van der Waals surface area contributed by atoms with Crippen molar-refractivity contribution in [3.63, 3.8) is 0 Å². The first-order chi connectivity index (χ1) is 17.6. The molecule has 0 unspecified atom stereocenters. The molecule has 0 fully saturated rings. The van der Waals surface area contributed by atoms with Gasteiger partial charge in [0.1, 0.15) is 0 Å². The minimum absolute atomic E-state index is 0. The fraction of sp³-hybridized carbons (Fsp3) is 0.684. The number of rotatable bonds is 0. The van der Waals surface area contributed by atoms with Gasteiger partial charge in [0, 0.05) is 0 Å². The summed E-state index contributed by atoms with van der Waals surface area (Å²) in [6, 6.07) is 10.0.